The molecule has 0 aromatic carbocycles. The Hall–Kier alpha value is -1.89. The Kier molecular flexibility index (Phi) is 4.08. The number of unbranched alkanes of at least 4 members (excludes halogenated alkanes) is 1. The molecule has 0 atom stereocenters. The van der Waals surface area contributed by atoms with Gasteiger partial charge in [0, 0.05) is 27.1 Å². The van der Waals surface area contributed by atoms with Crippen molar-refractivity contribution in [2.24, 2.45) is 19.8 Å². The third-order valence-electron chi connectivity index (χ3n) is 3.53. The molecule has 0 unspecified atom stereocenters. The molecule has 0 saturated carbocycles. The summed E-state index contributed by atoms with van der Waals surface area (Å²) >= 11 is 0. The van der Waals surface area contributed by atoms with Gasteiger partial charge in [0.25, 0.3) is 5.56 Å². The number of fused-ring (bicyclic) bond motifs is 1. The van der Waals surface area contributed by atoms with Gasteiger partial charge in [-0.3, -0.25) is 13.9 Å². The van der Waals surface area contributed by atoms with Crippen LogP contribution in [0.3, 0.4) is 0 Å². The van der Waals surface area contributed by atoms with Crippen molar-refractivity contribution < 1.29 is 0 Å². The van der Waals surface area contributed by atoms with Gasteiger partial charge in [-0.25, -0.2) is 9.78 Å². The number of aromatic nitrogens is 4. The standard InChI is InChI=1S/C13H21N5O2/c1-4-5-8-18-9(6-7-14)15-11-10(18)12(19)17(3)13(20)16(11)2/h4-8,14H2,1-3H3. The van der Waals surface area contributed by atoms with Crippen LogP contribution in [-0.4, -0.2) is 25.2 Å². The van der Waals surface area contributed by atoms with Crippen LogP contribution in [0, 0.1) is 0 Å². The highest BCUT2D eigenvalue weighted by Gasteiger charge is 2.18. The van der Waals surface area contributed by atoms with E-state index in [0.717, 1.165) is 29.8 Å². The van der Waals surface area contributed by atoms with Crippen LogP contribution < -0.4 is 17.0 Å². The normalized spacial score (nSPS) is 11.4. The molecule has 7 heteroatoms. The molecular formula is C13H21N5O2. The molecule has 7 nitrogen and oxygen atoms in total. The maximum atomic E-state index is 12.4. The van der Waals surface area contributed by atoms with Gasteiger partial charge in [0.15, 0.2) is 11.2 Å². The summed E-state index contributed by atoms with van der Waals surface area (Å²) < 4.78 is 4.45. The number of hydrogen-bond acceptors (Lipinski definition) is 4. The molecule has 0 bridgehead atoms. The molecule has 0 amide bonds. The largest absolute Gasteiger partial charge is 0.332 e. The van der Waals surface area contributed by atoms with E-state index < -0.39 is 0 Å². The molecule has 0 aliphatic carbocycles. The zero-order valence-electron chi connectivity index (χ0n) is 12.2. The summed E-state index contributed by atoms with van der Waals surface area (Å²) in [6.45, 7) is 3.27. The summed E-state index contributed by atoms with van der Waals surface area (Å²) in [5, 5.41) is 0. The predicted molar refractivity (Wildman–Crippen MR) is 77.9 cm³/mol. The van der Waals surface area contributed by atoms with E-state index in [9.17, 15) is 9.59 Å². The van der Waals surface area contributed by atoms with Crippen molar-refractivity contribution in [2.75, 3.05) is 6.54 Å². The highest BCUT2D eigenvalue weighted by molar-refractivity contribution is 5.71. The first-order valence-corrected chi connectivity index (χ1v) is 6.88. The molecular weight excluding hydrogens is 258 g/mol. The van der Waals surface area contributed by atoms with Gasteiger partial charge in [-0.15, -0.1) is 0 Å². The summed E-state index contributed by atoms with van der Waals surface area (Å²) in [4.78, 5) is 28.8. The maximum Gasteiger partial charge on any atom is 0.332 e. The Balaban J connectivity index is 2.82. The summed E-state index contributed by atoms with van der Waals surface area (Å²) in [5.41, 5.74) is 5.89. The van der Waals surface area contributed by atoms with Crippen molar-refractivity contribution in [3.05, 3.63) is 26.7 Å². The number of hydrogen-bond donors (Lipinski definition) is 1. The van der Waals surface area contributed by atoms with Gasteiger partial charge in [0.05, 0.1) is 0 Å². The van der Waals surface area contributed by atoms with Gasteiger partial charge >= 0.3 is 5.69 Å². The number of nitrogens with zero attached hydrogens (tertiary/aromatic N) is 4. The molecule has 0 saturated heterocycles. The van der Waals surface area contributed by atoms with E-state index in [1.807, 2.05) is 4.57 Å². The van der Waals surface area contributed by atoms with Crippen LogP contribution in [0.25, 0.3) is 11.2 Å². The Morgan fingerprint density at radius 2 is 1.90 bits per heavy atom. The number of aryl methyl sites for hydroxylation is 2. The molecule has 0 radical (unpaired) electrons. The SMILES string of the molecule is CCCCn1c(CCN)nc2c1c(=O)n(C)c(=O)n2C. The van der Waals surface area contributed by atoms with E-state index in [1.54, 1.807) is 7.05 Å². The first-order valence-electron chi connectivity index (χ1n) is 6.88. The number of rotatable bonds is 5. The van der Waals surface area contributed by atoms with Gasteiger partial charge in [-0.2, -0.15) is 0 Å². The maximum absolute atomic E-state index is 12.4. The molecule has 110 valence electrons. The van der Waals surface area contributed by atoms with Gasteiger partial charge in [0.1, 0.15) is 5.82 Å². The van der Waals surface area contributed by atoms with Crippen molar-refractivity contribution in [3.8, 4) is 0 Å². The molecule has 2 aromatic rings. The van der Waals surface area contributed by atoms with Gasteiger partial charge in [-0.1, -0.05) is 13.3 Å². The third-order valence-corrected chi connectivity index (χ3v) is 3.53. The molecule has 2 heterocycles. The lowest BCUT2D eigenvalue weighted by Gasteiger charge is -2.08. The second-order valence-corrected chi connectivity index (χ2v) is 4.95. The number of nitrogens with two attached hydrogens (primary N) is 1. The van der Waals surface area contributed by atoms with Gasteiger partial charge in [-0.05, 0) is 13.0 Å². The first kappa shape index (κ1) is 14.5. The van der Waals surface area contributed by atoms with Crippen LogP contribution in [0.15, 0.2) is 9.59 Å². The third kappa shape index (κ3) is 2.18. The monoisotopic (exact) mass is 279 g/mol. The van der Waals surface area contributed by atoms with Crippen LogP contribution >= 0.6 is 0 Å². The summed E-state index contributed by atoms with van der Waals surface area (Å²) in [5.74, 6) is 0.772. The lowest BCUT2D eigenvalue weighted by molar-refractivity contribution is 0.611. The predicted octanol–water partition coefficient (Wildman–Crippen LogP) is -0.265. The first-order chi connectivity index (χ1) is 9.52. The topological polar surface area (TPSA) is 87.8 Å². The fraction of sp³-hybridized carbons (Fsp3) is 0.615. The molecule has 0 fully saturated rings. The van der Waals surface area contributed by atoms with Crippen molar-refractivity contribution in [2.45, 2.75) is 32.7 Å². The Labute approximate surface area is 116 Å². The number of imidazole rings is 1. The lowest BCUT2D eigenvalue weighted by atomic mass is 10.3. The average molecular weight is 279 g/mol. The van der Waals surface area contributed by atoms with Crippen molar-refractivity contribution in [3.63, 3.8) is 0 Å². The highest BCUT2D eigenvalue weighted by Crippen LogP contribution is 2.12. The van der Waals surface area contributed by atoms with Crippen LogP contribution in [0.2, 0.25) is 0 Å². The summed E-state index contributed by atoms with van der Waals surface area (Å²) in [6.07, 6.45) is 2.57. The Bertz CT molecular complexity index is 738. The minimum absolute atomic E-state index is 0.296. The van der Waals surface area contributed by atoms with E-state index >= 15 is 0 Å². The zero-order chi connectivity index (χ0) is 14.9. The molecule has 20 heavy (non-hydrogen) atoms. The highest BCUT2D eigenvalue weighted by atomic mass is 16.2. The zero-order valence-corrected chi connectivity index (χ0v) is 12.2. The second-order valence-electron chi connectivity index (χ2n) is 4.95. The van der Waals surface area contributed by atoms with Crippen LogP contribution in [-0.2, 0) is 27.1 Å². The van der Waals surface area contributed by atoms with Gasteiger partial charge < -0.3 is 10.3 Å². The van der Waals surface area contributed by atoms with Crippen molar-refractivity contribution >= 4 is 11.2 Å². The van der Waals surface area contributed by atoms with E-state index in [2.05, 4.69) is 11.9 Å². The van der Waals surface area contributed by atoms with E-state index in [4.69, 9.17) is 5.73 Å². The van der Waals surface area contributed by atoms with Crippen molar-refractivity contribution in [1.29, 1.82) is 0 Å². The Morgan fingerprint density at radius 1 is 1.20 bits per heavy atom. The van der Waals surface area contributed by atoms with Crippen LogP contribution in [0.1, 0.15) is 25.6 Å². The van der Waals surface area contributed by atoms with Crippen LogP contribution in [0.4, 0.5) is 0 Å². The summed E-state index contributed by atoms with van der Waals surface area (Å²) in [7, 11) is 3.12. The lowest BCUT2D eigenvalue weighted by Crippen LogP contribution is -2.37. The molecule has 2 N–H and O–H groups in total. The second kappa shape index (κ2) is 5.62. The van der Waals surface area contributed by atoms with Crippen molar-refractivity contribution in [1.82, 2.24) is 18.7 Å². The molecule has 0 aliphatic heterocycles. The van der Waals surface area contributed by atoms with E-state index in [0.29, 0.717) is 24.1 Å². The minimum Gasteiger partial charge on any atom is -0.330 e. The molecule has 2 aromatic heterocycles. The van der Waals surface area contributed by atoms with Gasteiger partial charge in [0.2, 0.25) is 0 Å². The fourth-order valence-corrected chi connectivity index (χ4v) is 2.37. The molecule has 0 spiro atoms. The van der Waals surface area contributed by atoms with E-state index in [1.165, 1.54) is 11.6 Å². The quantitative estimate of drug-likeness (QED) is 0.816. The minimum atomic E-state index is -0.359. The molecule has 0 aliphatic rings. The smallest absolute Gasteiger partial charge is 0.330 e. The summed E-state index contributed by atoms with van der Waals surface area (Å²) in [6, 6.07) is 0. The fourth-order valence-electron chi connectivity index (χ4n) is 2.37. The Morgan fingerprint density at radius 3 is 2.50 bits per heavy atom. The van der Waals surface area contributed by atoms with E-state index in [-0.39, 0.29) is 11.2 Å². The molecule has 2 rings (SSSR count). The van der Waals surface area contributed by atoms with Crippen LogP contribution in [0.5, 0.6) is 0 Å². The average Bonchev–Trinajstić information content (AvgIpc) is 2.79.